The van der Waals surface area contributed by atoms with Crippen LogP contribution in [-0.2, 0) is 4.74 Å². The fourth-order valence-electron chi connectivity index (χ4n) is 2.69. The molecular formula is C16H34N2O. The number of nitrogens with zero attached hydrogens (tertiary/aromatic N) is 1. The Morgan fingerprint density at radius 2 is 1.74 bits per heavy atom. The Labute approximate surface area is 120 Å². The lowest BCUT2D eigenvalue weighted by atomic mass is 10.1. The lowest BCUT2D eigenvalue weighted by Gasteiger charge is -2.28. The molecule has 0 aromatic carbocycles. The second-order valence-electron chi connectivity index (χ2n) is 5.93. The first kappa shape index (κ1) is 16.9. The third-order valence-electron chi connectivity index (χ3n) is 3.91. The molecule has 3 heteroatoms. The highest BCUT2D eigenvalue weighted by Gasteiger charge is 2.14. The maximum Gasteiger partial charge on any atom is 0.0826 e. The summed E-state index contributed by atoms with van der Waals surface area (Å²) in [6, 6.07) is 0. The summed E-state index contributed by atoms with van der Waals surface area (Å²) in [6.45, 7) is 7.47. The van der Waals surface area contributed by atoms with E-state index in [0.29, 0.717) is 6.10 Å². The van der Waals surface area contributed by atoms with Crippen molar-refractivity contribution in [2.45, 2.75) is 64.4 Å². The van der Waals surface area contributed by atoms with Crippen molar-refractivity contribution >= 4 is 0 Å². The molecule has 1 saturated heterocycles. The van der Waals surface area contributed by atoms with Gasteiger partial charge in [0.1, 0.15) is 0 Å². The number of hydrogen-bond donors (Lipinski definition) is 1. The summed E-state index contributed by atoms with van der Waals surface area (Å²) in [4.78, 5) is 2.43. The lowest BCUT2D eigenvalue weighted by molar-refractivity contribution is 0.00987. The first-order valence-corrected chi connectivity index (χ1v) is 8.33. The second kappa shape index (κ2) is 11.7. The Kier molecular flexibility index (Phi) is 10.4. The van der Waals surface area contributed by atoms with E-state index in [0.717, 1.165) is 26.2 Å². The van der Waals surface area contributed by atoms with Crippen LogP contribution in [0.3, 0.4) is 0 Å². The molecule has 1 fully saturated rings. The number of likely N-dealkylation sites (N-methyl/N-ethyl adjacent to an activating group) is 1. The molecule has 0 bridgehead atoms. The van der Waals surface area contributed by atoms with Crippen molar-refractivity contribution in [1.29, 1.82) is 0 Å². The first-order chi connectivity index (χ1) is 9.33. The largest absolute Gasteiger partial charge is 0.374 e. The Bertz CT molecular complexity index is 193. The molecule has 0 radical (unpaired) electrons. The Morgan fingerprint density at radius 1 is 1.05 bits per heavy atom. The average Bonchev–Trinajstić information content (AvgIpc) is 2.43. The molecule has 1 rings (SSSR count). The van der Waals surface area contributed by atoms with E-state index in [1.165, 1.54) is 57.9 Å². The van der Waals surface area contributed by atoms with Crippen LogP contribution in [0.25, 0.3) is 0 Å². The first-order valence-electron chi connectivity index (χ1n) is 8.33. The summed E-state index contributed by atoms with van der Waals surface area (Å²) in [5.74, 6) is 0. The maximum atomic E-state index is 5.73. The topological polar surface area (TPSA) is 24.5 Å². The molecule has 1 aliphatic heterocycles. The SMILES string of the molecule is CCCCCCCCCCN(C)CC1CNCCO1. The van der Waals surface area contributed by atoms with E-state index in [2.05, 4.69) is 24.2 Å². The minimum absolute atomic E-state index is 0.396. The molecule has 1 unspecified atom stereocenters. The van der Waals surface area contributed by atoms with Crippen LogP contribution in [0.1, 0.15) is 58.3 Å². The third-order valence-corrected chi connectivity index (χ3v) is 3.91. The average molecular weight is 270 g/mol. The van der Waals surface area contributed by atoms with E-state index in [1.54, 1.807) is 0 Å². The number of morpholine rings is 1. The van der Waals surface area contributed by atoms with E-state index in [9.17, 15) is 0 Å². The summed E-state index contributed by atoms with van der Waals surface area (Å²) < 4.78 is 5.73. The minimum atomic E-state index is 0.396. The van der Waals surface area contributed by atoms with Gasteiger partial charge in [-0.1, -0.05) is 51.9 Å². The molecule has 1 N–H and O–H groups in total. The number of ether oxygens (including phenoxy) is 1. The molecule has 0 spiro atoms. The van der Waals surface area contributed by atoms with Gasteiger partial charge in [-0.25, -0.2) is 0 Å². The predicted octanol–water partition coefficient (Wildman–Crippen LogP) is 3.05. The van der Waals surface area contributed by atoms with Gasteiger partial charge in [0.25, 0.3) is 0 Å². The van der Waals surface area contributed by atoms with E-state index in [-0.39, 0.29) is 0 Å². The predicted molar refractivity (Wildman–Crippen MR) is 82.7 cm³/mol. The van der Waals surface area contributed by atoms with Crippen LogP contribution in [0, 0.1) is 0 Å². The van der Waals surface area contributed by atoms with Gasteiger partial charge >= 0.3 is 0 Å². The van der Waals surface area contributed by atoms with Crippen LogP contribution < -0.4 is 5.32 Å². The van der Waals surface area contributed by atoms with Gasteiger partial charge in [-0.15, -0.1) is 0 Å². The van der Waals surface area contributed by atoms with Crippen molar-refractivity contribution in [2.24, 2.45) is 0 Å². The van der Waals surface area contributed by atoms with Gasteiger partial charge in [0.05, 0.1) is 12.7 Å². The van der Waals surface area contributed by atoms with Gasteiger partial charge in [0.15, 0.2) is 0 Å². The Hall–Kier alpha value is -0.120. The highest BCUT2D eigenvalue weighted by molar-refractivity contribution is 4.70. The molecule has 0 aromatic heterocycles. The number of unbranched alkanes of at least 4 members (excludes halogenated alkanes) is 7. The van der Waals surface area contributed by atoms with E-state index >= 15 is 0 Å². The number of nitrogens with one attached hydrogen (secondary N) is 1. The van der Waals surface area contributed by atoms with Crippen molar-refractivity contribution in [1.82, 2.24) is 10.2 Å². The fraction of sp³-hybridized carbons (Fsp3) is 1.00. The highest BCUT2D eigenvalue weighted by atomic mass is 16.5. The van der Waals surface area contributed by atoms with Crippen LogP contribution >= 0.6 is 0 Å². The molecule has 0 aromatic rings. The standard InChI is InChI=1S/C16H34N2O/c1-3-4-5-6-7-8-9-10-12-18(2)15-16-14-17-11-13-19-16/h16-17H,3-15H2,1-2H3. The monoisotopic (exact) mass is 270 g/mol. The van der Waals surface area contributed by atoms with Gasteiger partial charge in [0, 0.05) is 19.6 Å². The second-order valence-corrected chi connectivity index (χ2v) is 5.93. The van der Waals surface area contributed by atoms with Crippen molar-refractivity contribution in [3.8, 4) is 0 Å². The van der Waals surface area contributed by atoms with Crippen LogP contribution in [0.5, 0.6) is 0 Å². The summed E-state index contributed by atoms with van der Waals surface area (Å²) in [5.41, 5.74) is 0. The van der Waals surface area contributed by atoms with Gasteiger partial charge in [0.2, 0.25) is 0 Å². The quantitative estimate of drug-likeness (QED) is 0.584. The van der Waals surface area contributed by atoms with E-state index < -0.39 is 0 Å². The van der Waals surface area contributed by atoms with Crippen molar-refractivity contribution in [2.75, 3.05) is 39.8 Å². The lowest BCUT2D eigenvalue weighted by Crippen LogP contribution is -2.44. The minimum Gasteiger partial charge on any atom is -0.374 e. The number of rotatable bonds is 11. The van der Waals surface area contributed by atoms with Crippen LogP contribution in [0.2, 0.25) is 0 Å². The van der Waals surface area contributed by atoms with Crippen molar-refractivity contribution in [3.63, 3.8) is 0 Å². The summed E-state index contributed by atoms with van der Waals surface area (Å²) in [7, 11) is 2.22. The van der Waals surface area contributed by atoms with Gasteiger partial charge < -0.3 is 15.0 Å². The molecule has 0 saturated carbocycles. The number of hydrogen-bond acceptors (Lipinski definition) is 3. The van der Waals surface area contributed by atoms with E-state index in [1.807, 2.05) is 0 Å². The molecule has 114 valence electrons. The van der Waals surface area contributed by atoms with Gasteiger partial charge in [-0.2, -0.15) is 0 Å². The molecule has 1 atom stereocenters. The third kappa shape index (κ3) is 9.42. The van der Waals surface area contributed by atoms with E-state index in [4.69, 9.17) is 4.74 Å². The van der Waals surface area contributed by atoms with Crippen molar-refractivity contribution < 1.29 is 4.74 Å². The normalized spacial score (nSPS) is 20.1. The van der Waals surface area contributed by atoms with Gasteiger partial charge in [-0.3, -0.25) is 0 Å². The van der Waals surface area contributed by atoms with Crippen LogP contribution in [0.15, 0.2) is 0 Å². The Balaban J connectivity index is 1.85. The van der Waals surface area contributed by atoms with Gasteiger partial charge in [-0.05, 0) is 20.0 Å². The molecule has 3 nitrogen and oxygen atoms in total. The zero-order valence-corrected chi connectivity index (χ0v) is 13.1. The highest BCUT2D eigenvalue weighted by Crippen LogP contribution is 2.09. The molecule has 19 heavy (non-hydrogen) atoms. The molecule has 1 aliphatic rings. The summed E-state index contributed by atoms with van der Waals surface area (Å²) >= 11 is 0. The summed E-state index contributed by atoms with van der Waals surface area (Å²) in [5, 5.41) is 3.39. The van der Waals surface area contributed by atoms with Crippen LogP contribution in [-0.4, -0.2) is 50.8 Å². The molecule has 0 aliphatic carbocycles. The Morgan fingerprint density at radius 3 is 2.37 bits per heavy atom. The molecule has 1 heterocycles. The summed E-state index contributed by atoms with van der Waals surface area (Å²) in [6.07, 6.45) is 11.6. The smallest absolute Gasteiger partial charge is 0.0826 e. The zero-order valence-electron chi connectivity index (χ0n) is 13.1. The van der Waals surface area contributed by atoms with Crippen molar-refractivity contribution in [3.05, 3.63) is 0 Å². The fourth-order valence-corrected chi connectivity index (χ4v) is 2.69. The molecule has 0 amide bonds. The molecular weight excluding hydrogens is 236 g/mol. The maximum absolute atomic E-state index is 5.73. The van der Waals surface area contributed by atoms with Crippen LogP contribution in [0.4, 0.5) is 0 Å². The zero-order chi connectivity index (χ0) is 13.8.